The van der Waals surface area contributed by atoms with Gasteiger partial charge in [0.25, 0.3) is 0 Å². The third kappa shape index (κ3) is 3.97. The Morgan fingerprint density at radius 1 is 1.29 bits per heavy atom. The van der Waals surface area contributed by atoms with Crippen molar-refractivity contribution in [1.29, 1.82) is 0 Å². The average molecular weight is 397 g/mol. The van der Waals surface area contributed by atoms with Crippen LogP contribution in [0.15, 0.2) is 28.7 Å². The molecular formula is C17H17BrO6. The maximum Gasteiger partial charge on any atom is 0.324 e. The van der Waals surface area contributed by atoms with E-state index in [0.717, 1.165) is 6.07 Å². The number of benzene rings is 1. The standard InChI is InChI=1S/C17H17BrO6/c1-9(19)3-4-11-5-6-14(24-11)15-12(16(18)17(22)23-2)7-10(20)8-13(15)21/h5-8,16,20-21H,3-4H2,1-2H3. The summed E-state index contributed by atoms with van der Waals surface area (Å²) in [7, 11) is 1.24. The molecule has 0 radical (unpaired) electrons. The first-order valence-electron chi connectivity index (χ1n) is 7.19. The molecule has 0 aliphatic carbocycles. The van der Waals surface area contributed by atoms with Crippen molar-refractivity contribution in [1.82, 2.24) is 0 Å². The topological polar surface area (TPSA) is 97.0 Å². The van der Waals surface area contributed by atoms with Gasteiger partial charge in [-0.05, 0) is 30.7 Å². The van der Waals surface area contributed by atoms with Crippen LogP contribution in [-0.2, 0) is 20.7 Å². The van der Waals surface area contributed by atoms with Crippen LogP contribution in [0.1, 0.15) is 29.5 Å². The van der Waals surface area contributed by atoms with Gasteiger partial charge < -0.3 is 24.2 Å². The molecule has 1 atom stereocenters. The summed E-state index contributed by atoms with van der Waals surface area (Å²) in [6.07, 6.45) is 0.794. The van der Waals surface area contributed by atoms with Gasteiger partial charge in [0, 0.05) is 18.9 Å². The van der Waals surface area contributed by atoms with Gasteiger partial charge in [0.15, 0.2) is 0 Å². The second kappa shape index (κ2) is 7.53. The van der Waals surface area contributed by atoms with Gasteiger partial charge in [-0.1, -0.05) is 15.9 Å². The lowest BCUT2D eigenvalue weighted by atomic mass is 10.0. The molecule has 1 heterocycles. The van der Waals surface area contributed by atoms with Crippen molar-refractivity contribution in [2.45, 2.75) is 24.6 Å². The number of hydrogen-bond acceptors (Lipinski definition) is 6. The van der Waals surface area contributed by atoms with E-state index in [1.165, 1.54) is 20.1 Å². The molecule has 0 aliphatic rings. The molecule has 7 heteroatoms. The minimum atomic E-state index is -0.888. The Bertz CT molecular complexity index is 764. The molecule has 0 aliphatic heterocycles. The summed E-state index contributed by atoms with van der Waals surface area (Å²) in [5.41, 5.74) is 0.584. The van der Waals surface area contributed by atoms with Crippen LogP contribution in [-0.4, -0.2) is 29.1 Å². The lowest BCUT2D eigenvalue weighted by Crippen LogP contribution is -2.09. The lowest BCUT2D eigenvalue weighted by Gasteiger charge is -2.14. The number of carbonyl (C=O) groups excluding carboxylic acids is 2. The molecular weight excluding hydrogens is 380 g/mol. The number of phenols is 2. The maximum absolute atomic E-state index is 11.8. The molecule has 0 amide bonds. The number of ether oxygens (including phenoxy) is 1. The number of furan rings is 1. The van der Waals surface area contributed by atoms with E-state index in [0.29, 0.717) is 29.9 Å². The van der Waals surface area contributed by atoms with Gasteiger partial charge in [-0.3, -0.25) is 4.79 Å². The summed E-state index contributed by atoms with van der Waals surface area (Å²) < 4.78 is 10.4. The zero-order valence-corrected chi connectivity index (χ0v) is 14.8. The quantitative estimate of drug-likeness (QED) is 0.572. The number of aromatic hydroxyl groups is 2. The highest BCUT2D eigenvalue weighted by Gasteiger charge is 2.26. The van der Waals surface area contributed by atoms with Crippen LogP contribution in [0.2, 0.25) is 0 Å². The summed E-state index contributed by atoms with van der Waals surface area (Å²) in [5, 5.41) is 19.9. The van der Waals surface area contributed by atoms with E-state index in [2.05, 4.69) is 20.7 Å². The highest BCUT2D eigenvalue weighted by molar-refractivity contribution is 9.09. The molecule has 24 heavy (non-hydrogen) atoms. The smallest absolute Gasteiger partial charge is 0.324 e. The van der Waals surface area contributed by atoms with Crippen LogP contribution in [0.4, 0.5) is 0 Å². The number of alkyl halides is 1. The molecule has 0 bridgehead atoms. The average Bonchev–Trinajstić information content (AvgIpc) is 2.99. The Balaban J connectivity index is 2.46. The molecule has 0 spiro atoms. The second-order valence-corrected chi connectivity index (χ2v) is 6.20. The van der Waals surface area contributed by atoms with Crippen LogP contribution in [0, 0.1) is 0 Å². The third-order valence-electron chi connectivity index (χ3n) is 3.45. The molecule has 0 fully saturated rings. The van der Waals surface area contributed by atoms with Gasteiger partial charge in [0.2, 0.25) is 0 Å². The molecule has 0 saturated heterocycles. The van der Waals surface area contributed by atoms with E-state index in [9.17, 15) is 19.8 Å². The van der Waals surface area contributed by atoms with Crippen molar-refractivity contribution in [3.63, 3.8) is 0 Å². The van der Waals surface area contributed by atoms with E-state index in [-0.39, 0.29) is 22.8 Å². The zero-order valence-electron chi connectivity index (χ0n) is 13.2. The molecule has 2 N–H and O–H groups in total. The molecule has 0 saturated carbocycles. The van der Waals surface area contributed by atoms with Gasteiger partial charge in [0.05, 0.1) is 12.7 Å². The van der Waals surface area contributed by atoms with E-state index in [1.807, 2.05) is 0 Å². The van der Waals surface area contributed by atoms with Crippen LogP contribution in [0.3, 0.4) is 0 Å². The molecule has 1 aromatic heterocycles. The Hall–Kier alpha value is -2.28. The molecule has 128 valence electrons. The van der Waals surface area contributed by atoms with Gasteiger partial charge in [-0.15, -0.1) is 0 Å². The molecule has 6 nitrogen and oxygen atoms in total. The predicted molar refractivity (Wildman–Crippen MR) is 90.2 cm³/mol. The van der Waals surface area contributed by atoms with Crippen molar-refractivity contribution in [2.75, 3.05) is 7.11 Å². The molecule has 1 unspecified atom stereocenters. The highest BCUT2D eigenvalue weighted by atomic mass is 79.9. The first-order chi connectivity index (χ1) is 11.3. The van der Waals surface area contributed by atoms with Gasteiger partial charge >= 0.3 is 5.97 Å². The lowest BCUT2D eigenvalue weighted by molar-refractivity contribution is -0.139. The summed E-state index contributed by atoms with van der Waals surface area (Å²) in [6, 6.07) is 5.86. The van der Waals surface area contributed by atoms with Crippen LogP contribution < -0.4 is 0 Å². The molecule has 1 aromatic carbocycles. The number of halogens is 1. The minimum Gasteiger partial charge on any atom is -0.508 e. The fraction of sp³-hybridized carbons (Fsp3) is 0.294. The zero-order chi connectivity index (χ0) is 17.9. The highest BCUT2D eigenvalue weighted by Crippen LogP contribution is 2.42. The number of hydrogen-bond donors (Lipinski definition) is 2. The van der Waals surface area contributed by atoms with Crippen molar-refractivity contribution in [3.05, 3.63) is 35.6 Å². The SMILES string of the molecule is COC(=O)C(Br)c1cc(O)cc(O)c1-c1ccc(CCC(C)=O)o1. The largest absolute Gasteiger partial charge is 0.508 e. The minimum absolute atomic E-state index is 0.0485. The fourth-order valence-corrected chi connectivity index (χ4v) is 2.83. The summed E-state index contributed by atoms with van der Waals surface area (Å²) in [4.78, 5) is 22.0. The molecule has 2 rings (SSSR count). The van der Waals surface area contributed by atoms with Crippen molar-refractivity contribution in [2.24, 2.45) is 0 Å². The van der Waals surface area contributed by atoms with Gasteiger partial charge in [-0.2, -0.15) is 0 Å². The van der Waals surface area contributed by atoms with E-state index in [1.54, 1.807) is 12.1 Å². The van der Waals surface area contributed by atoms with Crippen LogP contribution in [0.5, 0.6) is 11.5 Å². The number of methoxy groups -OCH3 is 1. The van der Waals surface area contributed by atoms with E-state index in [4.69, 9.17) is 4.42 Å². The van der Waals surface area contributed by atoms with Crippen molar-refractivity contribution >= 4 is 27.7 Å². The second-order valence-electron chi connectivity index (χ2n) is 5.28. The Morgan fingerprint density at radius 3 is 2.62 bits per heavy atom. The predicted octanol–water partition coefficient (Wildman–Crippen LogP) is 3.49. The first kappa shape index (κ1) is 18.1. The summed E-state index contributed by atoms with van der Waals surface area (Å²) in [6.45, 7) is 1.50. The normalized spacial score (nSPS) is 12.0. The number of ketones is 1. The number of rotatable bonds is 6. The molecule has 2 aromatic rings. The number of Topliss-reactive ketones (excluding diaryl/α,β-unsaturated/α-hetero) is 1. The van der Waals surface area contributed by atoms with Crippen molar-refractivity contribution < 1.29 is 29.0 Å². The van der Waals surface area contributed by atoms with E-state index >= 15 is 0 Å². The number of phenolic OH excluding ortho intramolecular Hbond substituents is 2. The van der Waals surface area contributed by atoms with Crippen LogP contribution in [0.25, 0.3) is 11.3 Å². The monoisotopic (exact) mass is 396 g/mol. The Morgan fingerprint density at radius 2 is 2.00 bits per heavy atom. The Labute approximate surface area is 147 Å². The number of esters is 1. The Kier molecular flexibility index (Phi) is 5.66. The van der Waals surface area contributed by atoms with Crippen LogP contribution >= 0.6 is 15.9 Å². The fourth-order valence-electron chi connectivity index (χ4n) is 2.28. The number of aryl methyl sites for hydroxylation is 1. The summed E-state index contributed by atoms with van der Waals surface area (Å²) >= 11 is 3.20. The number of carbonyl (C=O) groups is 2. The third-order valence-corrected chi connectivity index (χ3v) is 4.31. The first-order valence-corrected chi connectivity index (χ1v) is 8.11. The van der Waals surface area contributed by atoms with Gasteiger partial charge in [0.1, 0.15) is 33.6 Å². The van der Waals surface area contributed by atoms with Gasteiger partial charge in [-0.25, -0.2) is 0 Å². The summed E-state index contributed by atoms with van der Waals surface area (Å²) in [5.74, 6) is -0.0389. The maximum atomic E-state index is 11.8. The van der Waals surface area contributed by atoms with E-state index < -0.39 is 10.8 Å². The van der Waals surface area contributed by atoms with Crippen molar-refractivity contribution in [3.8, 4) is 22.8 Å².